The minimum Gasteiger partial charge on any atom is -0.497 e. The van der Waals surface area contributed by atoms with E-state index in [9.17, 15) is 0 Å². The molecule has 0 aromatic heterocycles. The summed E-state index contributed by atoms with van der Waals surface area (Å²) in [5, 5.41) is 3.80. The van der Waals surface area contributed by atoms with Gasteiger partial charge in [-0.1, -0.05) is 32.3 Å². The highest BCUT2D eigenvalue weighted by Crippen LogP contribution is 2.34. The van der Waals surface area contributed by atoms with Crippen molar-refractivity contribution in [3.63, 3.8) is 0 Å². The molecule has 1 fully saturated rings. The Morgan fingerprint density at radius 3 is 2.95 bits per heavy atom. The number of methoxy groups -OCH3 is 1. The van der Waals surface area contributed by atoms with Crippen molar-refractivity contribution >= 4 is 0 Å². The van der Waals surface area contributed by atoms with Gasteiger partial charge in [0.25, 0.3) is 0 Å². The van der Waals surface area contributed by atoms with E-state index >= 15 is 0 Å². The zero-order valence-corrected chi connectivity index (χ0v) is 13.5. The molecule has 0 bridgehead atoms. The van der Waals surface area contributed by atoms with E-state index in [2.05, 4.69) is 30.4 Å². The van der Waals surface area contributed by atoms with Crippen LogP contribution in [0, 0.1) is 11.8 Å². The molecule has 3 unspecified atom stereocenters. The summed E-state index contributed by atoms with van der Waals surface area (Å²) in [6.07, 6.45) is 9.56. The molecule has 1 aromatic rings. The van der Waals surface area contributed by atoms with Gasteiger partial charge in [0, 0.05) is 6.04 Å². The van der Waals surface area contributed by atoms with Crippen molar-refractivity contribution in [2.45, 2.75) is 57.9 Å². The molecule has 0 amide bonds. The van der Waals surface area contributed by atoms with Crippen molar-refractivity contribution in [2.75, 3.05) is 13.7 Å². The third-order valence-electron chi connectivity index (χ3n) is 5.42. The monoisotopic (exact) mass is 287 g/mol. The SMILES string of the molecule is COc1ccc2c(c1)C(NCCC1CCCC(C)C1)CC2. The van der Waals surface area contributed by atoms with E-state index in [1.54, 1.807) is 7.11 Å². The lowest BCUT2D eigenvalue weighted by Gasteiger charge is -2.27. The van der Waals surface area contributed by atoms with Gasteiger partial charge < -0.3 is 10.1 Å². The number of benzene rings is 1. The predicted molar refractivity (Wildman–Crippen MR) is 87.8 cm³/mol. The topological polar surface area (TPSA) is 21.3 Å². The van der Waals surface area contributed by atoms with E-state index in [-0.39, 0.29) is 0 Å². The highest BCUT2D eigenvalue weighted by atomic mass is 16.5. The lowest BCUT2D eigenvalue weighted by molar-refractivity contribution is 0.265. The number of hydrogen-bond donors (Lipinski definition) is 1. The summed E-state index contributed by atoms with van der Waals surface area (Å²) in [6.45, 7) is 3.58. The summed E-state index contributed by atoms with van der Waals surface area (Å²) in [6, 6.07) is 7.09. The van der Waals surface area contributed by atoms with Gasteiger partial charge in [0.1, 0.15) is 5.75 Å². The van der Waals surface area contributed by atoms with E-state index in [0.29, 0.717) is 6.04 Å². The Hall–Kier alpha value is -1.02. The molecule has 3 atom stereocenters. The van der Waals surface area contributed by atoms with E-state index in [1.165, 1.54) is 62.6 Å². The lowest BCUT2D eigenvalue weighted by Crippen LogP contribution is -2.24. The molecule has 1 aromatic carbocycles. The Morgan fingerprint density at radius 2 is 2.14 bits per heavy atom. The first kappa shape index (κ1) is 14.9. The Kier molecular flexibility index (Phi) is 4.84. The van der Waals surface area contributed by atoms with Crippen molar-refractivity contribution in [3.8, 4) is 5.75 Å². The standard InChI is InChI=1S/C19H29NO/c1-14-4-3-5-15(12-14)10-11-20-19-9-7-16-6-8-17(21-2)13-18(16)19/h6,8,13-15,19-20H,3-5,7,9-12H2,1-2H3. The van der Waals surface area contributed by atoms with Crippen molar-refractivity contribution in [2.24, 2.45) is 11.8 Å². The van der Waals surface area contributed by atoms with Gasteiger partial charge in [0.15, 0.2) is 0 Å². The zero-order valence-electron chi connectivity index (χ0n) is 13.5. The minimum absolute atomic E-state index is 0.538. The second-order valence-electron chi connectivity index (χ2n) is 7.04. The van der Waals surface area contributed by atoms with Crippen LogP contribution in [-0.2, 0) is 6.42 Å². The maximum Gasteiger partial charge on any atom is 0.119 e. The maximum atomic E-state index is 5.37. The van der Waals surface area contributed by atoms with Crippen LogP contribution in [0.1, 0.15) is 62.6 Å². The molecule has 2 nitrogen and oxygen atoms in total. The Morgan fingerprint density at radius 1 is 1.24 bits per heavy atom. The normalized spacial score (nSPS) is 28.4. The second kappa shape index (κ2) is 6.83. The summed E-state index contributed by atoms with van der Waals surface area (Å²) in [5.41, 5.74) is 2.96. The summed E-state index contributed by atoms with van der Waals surface area (Å²) in [7, 11) is 1.75. The van der Waals surface area contributed by atoms with E-state index in [4.69, 9.17) is 4.74 Å². The largest absolute Gasteiger partial charge is 0.497 e. The molecule has 3 rings (SSSR count). The fourth-order valence-electron chi connectivity index (χ4n) is 4.20. The Balaban J connectivity index is 1.51. The van der Waals surface area contributed by atoms with E-state index in [1.807, 2.05) is 0 Å². The molecule has 21 heavy (non-hydrogen) atoms. The van der Waals surface area contributed by atoms with Gasteiger partial charge in [0.2, 0.25) is 0 Å². The van der Waals surface area contributed by atoms with Crippen LogP contribution in [0.15, 0.2) is 18.2 Å². The minimum atomic E-state index is 0.538. The fraction of sp³-hybridized carbons (Fsp3) is 0.684. The van der Waals surface area contributed by atoms with Gasteiger partial charge in [-0.25, -0.2) is 0 Å². The number of ether oxygens (including phenoxy) is 1. The molecule has 2 aliphatic rings. The van der Waals surface area contributed by atoms with Gasteiger partial charge in [-0.2, -0.15) is 0 Å². The molecule has 2 heteroatoms. The highest BCUT2D eigenvalue weighted by Gasteiger charge is 2.23. The highest BCUT2D eigenvalue weighted by molar-refractivity contribution is 5.40. The van der Waals surface area contributed by atoms with Gasteiger partial charge in [-0.15, -0.1) is 0 Å². The maximum absolute atomic E-state index is 5.37. The summed E-state index contributed by atoms with van der Waals surface area (Å²) >= 11 is 0. The Bertz CT molecular complexity index is 471. The average Bonchev–Trinajstić information content (AvgIpc) is 2.90. The number of hydrogen-bond acceptors (Lipinski definition) is 2. The second-order valence-corrected chi connectivity index (χ2v) is 7.04. The van der Waals surface area contributed by atoms with Crippen LogP contribution in [0.4, 0.5) is 0 Å². The van der Waals surface area contributed by atoms with Crippen LogP contribution in [0.2, 0.25) is 0 Å². The molecule has 0 radical (unpaired) electrons. The van der Waals surface area contributed by atoms with Crippen molar-refractivity contribution in [1.82, 2.24) is 5.32 Å². The summed E-state index contributed by atoms with van der Waals surface area (Å²) in [4.78, 5) is 0. The number of rotatable bonds is 5. The first-order valence-electron chi connectivity index (χ1n) is 8.66. The molecular formula is C19H29NO. The smallest absolute Gasteiger partial charge is 0.119 e. The Labute approximate surface area is 129 Å². The summed E-state index contributed by atoms with van der Waals surface area (Å²) < 4.78 is 5.37. The predicted octanol–water partition coefficient (Wildman–Crippen LogP) is 4.49. The molecule has 2 aliphatic carbocycles. The molecule has 1 saturated carbocycles. The van der Waals surface area contributed by atoms with Crippen LogP contribution in [0.3, 0.4) is 0 Å². The zero-order chi connectivity index (χ0) is 14.7. The van der Waals surface area contributed by atoms with Crippen LogP contribution in [-0.4, -0.2) is 13.7 Å². The molecular weight excluding hydrogens is 258 g/mol. The third kappa shape index (κ3) is 3.60. The quantitative estimate of drug-likeness (QED) is 0.861. The molecule has 0 heterocycles. The van der Waals surface area contributed by atoms with E-state index in [0.717, 1.165) is 17.6 Å². The lowest BCUT2D eigenvalue weighted by atomic mass is 9.81. The molecule has 0 saturated heterocycles. The van der Waals surface area contributed by atoms with Gasteiger partial charge in [-0.05, 0) is 67.3 Å². The molecule has 0 aliphatic heterocycles. The molecule has 116 valence electrons. The number of fused-ring (bicyclic) bond motifs is 1. The van der Waals surface area contributed by atoms with Crippen LogP contribution < -0.4 is 10.1 Å². The van der Waals surface area contributed by atoms with Gasteiger partial charge in [0.05, 0.1) is 7.11 Å². The fourth-order valence-corrected chi connectivity index (χ4v) is 4.20. The van der Waals surface area contributed by atoms with E-state index < -0.39 is 0 Å². The van der Waals surface area contributed by atoms with Gasteiger partial charge in [-0.3, -0.25) is 0 Å². The first-order valence-corrected chi connectivity index (χ1v) is 8.66. The van der Waals surface area contributed by atoms with Crippen LogP contribution in [0.5, 0.6) is 5.75 Å². The van der Waals surface area contributed by atoms with Crippen molar-refractivity contribution in [3.05, 3.63) is 29.3 Å². The first-order chi connectivity index (χ1) is 10.3. The number of nitrogens with one attached hydrogen (secondary N) is 1. The van der Waals surface area contributed by atoms with Crippen molar-refractivity contribution < 1.29 is 4.74 Å². The summed E-state index contributed by atoms with van der Waals surface area (Å²) in [5.74, 6) is 2.89. The molecule has 1 N–H and O–H groups in total. The third-order valence-corrected chi connectivity index (χ3v) is 5.42. The van der Waals surface area contributed by atoms with Crippen LogP contribution >= 0.6 is 0 Å². The molecule has 0 spiro atoms. The number of aryl methyl sites for hydroxylation is 1. The van der Waals surface area contributed by atoms with Gasteiger partial charge >= 0.3 is 0 Å². The van der Waals surface area contributed by atoms with Crippen LogP contribution in [0.25, 0.3) is 0 Å². The average molecular weight is 287 g/mol. The van der Waals surface area contributed by atoms with Crippen molar-refractivity contribution in [1.29, 1.82) is 0 Å².